The maximum atomic E-state index is 10.8. The quantitative estimate of drug-likeness (QED) is 0.883. The van der Waals surface area contributed by atoms with Gasteiger partial charge >= 0.3 is 0 Å². The molecular weight excluding hydrogens is 256 g/mol. The van der Waals surface area contributed by atoms with Crippen molar-refractivity contribution in [2.45, 2.75) is 57.0 Å². The zero-order valence-electron chi connectivity index (χ0n) is 12.7. The molecule has 3 fully saturated rings. The van der Waals surface area contributed by atoms with Crippen LogP contribution in [0.2, 0.25) is 0 Å². The van der Waals surface area contributed by atoms with Gasteiger partial charge in [0.2, 0.25) is 0 Å². The molecule has 1 heteroatoms. The highest BCUT2D eigenvalue weighted by Crippen LogP contribution is 2.62. The molecule has 112 valence electrons. The molecule has 3 saturated carbocycles. The van der Waals surface area contributed by atoms with E-state index in [0.717, 1.165) is 30.1 Å². The predicted molar refractivity (Wildman–Crippen MR) is 84.0 cm³/mol. The third-order valence-electron chi connectivity index (χ3n) is 7.26. The number of benzene rings is 1. The summed E-state index contributed by atoms with van der Waals surface area (Å²) < 4.78 is 0. The number of hydrogen-bond donors (Lipinski definition) is 1. The highest BCUT2D eigenvalue weighted by Gasteiger charge is 2.56. The van der Waals surface area contributed by atoms with Gasteiger partial charge in [-0.1, -0.05) is 30.7 Å². The highest BCUT2D eigenvalue weighted by atomic mass is 16.3. The molecule has 0 saturated heterocycles. The minimum atomic E-state index is -0.0319. The Kier molecular flexibility index (Phi) is 2.77. The van der Waals surface area contributed by atoms with E-state index in [0.29, 0.717) is 11.8 Å². The molecule has 21 heavy (non-hydrogen) atoms. The summed E-state index contributed by atoms with van der Waals surface area (Å²) >= 11 is 0. The lowest BCUT2D eigenvalue weighted by Crippen LogP contribution is -2.21. The third-order valence-corrected chi connectivity index (χ3v) is 7.26. The van der Waals surface area contributed by atoms with Crippen LogP contribution in [0.25, 0.3) is 0 Å². The number of aliphatic hydroxyl groups is 1. The summed E-state index contributed by atoms with van der Waals surface area (Å²) in [4.78, 5) is 0. The van der Waals surface area contributed by atoms with E-state index >= 15 is 0 Å². The highest BCUT2D eigenvalue weighted by molar-refractivity contribution is 5.39. The third kappa shape index (κ3) is 1.93. The Bertz CT molecular complexity index is 551. The number of fused-ring (bicyclic) bond motifs is 5. The van der Waals surface area contributed by atoms with Crippen LogP contribution in [0, 0.1) is 29.6 Å². The van der Waals surface area contributed by atoms with Crippen LogP contribution in [0.5, 0.6) is 0 Å². The minimum Gasteiger partial charge on any atom is -0.393 e. The normalized spacial score (nSPS) is 44.2. The second kappa shape index (κ2) is 4.59. The SMILES string of the molecule is OC(CC1CC2CCC1C2)C1C2CCc3ccccc3C21. The van der Waals surface area contributed by atoms with Crippen LogP contribution >= 0.6 is 0 Å². The van der Waals surface area contributed by atoms with Gasteiger partial charge in [-0.25, -0.2) is 0 Å². The fraction of sp³-hybridized carbons (Fsp3) is 0.700. The molecule has 4 aliphatic rings. The fourth-order valence-corrected chi connectivity index (χ4v) is 6.28. The molecule has 2 bridgehead atoms. The second-order valence-electron chi connectivity index (χ2n) is 8.24. The number of hydrogen-bond acceptors (Lipinski definition) is 1. The molecule has 1 aromatic rings. The molecule has 0 radical (unpaired) electrons. The van der Waals surface area contributed by atoms with Crippen molar-refractivity contribution in [2.24, 2.45) is 29.6 Å². The molecule has 0 aromatic heterocycles. The molecule has 1 aromatic carbocycles. The van der Waals surface area contributed by atoms with Gasteiger partial charge in [0.1, 0.15) is 0 Å². The van der Waals surface area contributed by atoms with Crippen LogP contribution in [0.4, 0.5) is 0 Å². The lowest BCUT2D eigenvalue weighted by molar-refractivity contribution is 0.0987. The van der Waals surface area contributed by atoms with Crippen LogP contribution in [0.15, 0.2) is 24.3 Å². The summed E-state index contributed by atoms with van der Waals surface area (Å²) in [7, 11) is 0. The maximum Gasteiger partial charge on any atom is 0.0580 e. The second-order valence-corrected chi connectivity index (χ2v) is 8.24. The first-order valence-electron chi connectivity index (χ1n) is 9.07. The number of rotatable bonds is 3. The Morgan fingerprint density at radius 2 is 2.00 bits per heavy atom. The first-order valence-corrected chi connectivity index (χ1v) is 9.07. The van der Waals surface area contributed by atoms with Gasteiger partial charge < -0.3 is 5.11 Å². The van der Waals surface area contributed by atoms with Crippen molar-refractivity contribution in [3.8, 4) is 0 Å². The van der Waals surface area contributed by atoms with Crippen LogP contribution < -0.4 is 0 Å². The Morgan fingerprint density at radius 3 is 2.81 bits per heavy atom. The molecule has 7 unspecified atom stereocenters. The molecular formula is C20H26O. The number of aliphatic hydroxyl groups excluding tert-OH is 1. The molecule has 7 atom stereocenters. The standard InChI is InChI=1S/C20H26O/c21-18(11-15-10-12-5-6-14(15)9-12)20-17-8-7-13-3-1-2-4-16(13)19(17)20/h1-4,12,14-15,17-21H,5-11H2. The van der Waals surface area contributed by atoms with Gasteiger partial charge in [-0.3, -0.25) is 0 Å². The van der Waals surface area contributed by atoms with Gasteiger partial charge in [0.15, 0.2) is 0 Å². The molecule has 1 nitrogen and oxygen atoms in total. The molecule has 0 amide bonds. The maximum absolute atomic E-state index is 10.8. The molecule has 0 spiro atoms. The molecule has 0 heterocycles. The van der Waals surface area contributed by atoms with E-state index < -0.39 is 0 Å². The van der Waals surface area contributed by atoms with Crippen molar-refractivity contribution in [1.29, 1.82) is 0 Å². The van der Waals surface area contributed by atoms with E-state index in [1.165, 1.54) is 38.5 Å². The van der Waals surface area contributed by atoms with Crippen molar-refractivity contribution in [2.75, 3.05) is 0 Å². The van der Waals surface area contributed by atoms with Gasteiger partial charge in [0, 0.05) is 0 Å². The van der Waals surface area contributed by atoms with Crippen LogP contribution in [-0.2, 0) is 6.42 Å². The fourth-order valence-electron chi connectivity index (χ4n) is 6.28. The first-order chi connectivity index (χ1) is 10.3. The Labute approximate surface area is 127 Å². The Hall–Kier alpha value is -0.820. The smallest absolute Gasteiger partial charge is 0.0580 e. The summed E-state index contributed by atoms with van der Waals surface area (Å²) in [6.45, 7) is 0. The lowest BCUT2D eigenvalue weighted by atomic mass is 9.83. The molecule has 0 aliphatic heterocycles. The summed E-state index contributed by atoms with van der Waals surface area (Å²) in [6, 6.07) is 8.96. The monoisotopic (exact) mass is 282 g/mol. The van der Waals surface area contributed by atoms with E-state index in [2.05, 4.69) is 24.3 Å². The van der Waals surface area contributed by atoms with Crippen molar-refractivity contribution in [3.05, 3.63) is 35.4 Å². The van der Waals surface area contributed by atoms with E-state index in [9.17, 15) is 5.11 Å². The predicted octanol–water partition coefficient (Wildman–Crippen LogP) is 4.15. The lowest BCUT2D eigenvalue weighted by Gasteiger charge is -2.24. The van der Waals surface area contributed by atoms with Gasteiger partial charge in [-0.15, -0.1) is 0 Å². The van der Waals surface area contributed by atoms with E-state index in [-0.39, 0.29) is 6.10 Å². The van der Waals surface area contributed by atoms with E-state index in [1.807, 2.05) is 0 Å². The van der Waals surface area contributed by atoms with Crippen molar-refractivity contribution in [3.63, 3.8) is 0 Å². The van der Waals surface area contributed by atoms with Gasteiger partial charge in [0.25, 0.3) is 0 Å². The zero-order chi connectivity index (χ0) is 14.0. The minimum absolute atomic E-state index is 0.0319. The summed E-state index contributed by atoms with van der Waals surface area (Å²) in [6.07, 6.45) is 9.41. The number of aryl methyl sites for hydroxylation is 1. The molecule has 4 aliphatic carbocycles. The largest absolute Gasteiger partial charge is 0.393 e. The average Bonchev–Trinajstić information content (AvgIpc) is 2.90. The average molecular weight is 282 g/mol. The summed E-state index contributed by atoms with van der Waals surface area (Å²) in [5, 5.41) is 10.8. The van der Waals surface area contributed by atoms with Crippen molar-refractivity contribution in [1.82, 2.24) is 0 Å². The summed E-state index contributed by atoms with van der Waals surface area (Å²) in [5.74, 6) is 4.86. The molecule has 5 rings (SSSR count). The topological polar surface area (TPSA) is 20.2 Å². The van der Waals surface area contributed by atoms with E-state index in [1.54, 1.807) is 11.1 Å². The van der Waals surface area contributed by atoms with Crippen molar-refractivity contribution < 1.29 is 5.11 Å². The summed E-state index contributed by atoms with van der Waals surface area (Å²) in [5.41, 5.74) is 3.11. The Morgan fingerprint density at radius 1 is 1.10 bits per heavy atom. The molecule has 1 N–H and O–H groups in total. The van der Waals surface area contributed by atoms with E-state index in [4.69, 9.17) is 0 Å². The van der Waals surface area contributed by atoms with Gasteiger partial charge in [-0.05, 0) is 85.2 Å². The zero-order valence-corrected chi connectivity index (χ0v) is 12.7. The van der Waals surface area contributed by atoms with Gasteiger partial charge in [0.05, 0.1) is 6.10 Å². The van der Waals surface area contributed by atoms with Gasteiger partial charge in [-0.2, -0.15) is 0 Å². The van der Waals surface area contributed by atoms with Crippen molar-refractivity contribution >= 4 is 0 Å². The van der Waals surface area contributed by atoms with Crippen LogP contribution in [0.1, 0.15) is 55.6 Å². The van der Waals surface area contributed by atoms with Crippen LogP contribution in [0.3, 0.4) is 0 Å². The Balaban J connectivity index is 1.30. The first kappa shape index (κ1) is 12.7. The van der Waals surface area contributed by atoms with Crippen LogP contribution in [-0.4, -0.2) is 11.2 Å².